The van der Waals surface area contributed by atoms with E-state index in [4.69, 9.17) is 21.1 Å². The van der Waals surface area contributed by atoms with E-state index in [-0.39, 0.29) is 5.60 Å². The van der Waals surface area contributed by atoms with Gasteiger partial charge in [0.2, 0.25) is 0 Å². The maximum atomic E-state index is 5.77. The average Bonchev–Trinajstić information content (AvgIpc) is 2.88. The Bertz CT molecular complexity index is 304. The molecule has 1 heterocycles. The molecule has 1 saturated heterocycles. The van der Waals surface area contributed by atoms with E-state index in [9.17, 15) is 0 Å². The van der Waals surface area contributed by atoms with Crippen LogP contribution in [-0.4, -0.2) is 18.8 Å². The lowest BCUT2D eigenvalue weighted by atomic mass is 10.2. The predicted octanol–water partition coefficient (Wildman–Crippen LogP) is 2.65. The van der Waals surface area contributed by atoms with Crippen molar-refractivity contribution < 1.29 is 9.47 Å². The zero-order chi connectivity index (χ0) is 10.0. The molecule has 0 N–H and O–H groups in total. The quantitative estimate of drug-likeness (QED) is 0.716. The Labute approximate surface area is 88.8 Å². The van der Waals surface area contributed by atoms with Crippen LogP contribution in [0.3, 0.4) is 0 Å². The Morgan fingerprint density at radius 1 is 1.43 bits per heavy atom. The van der Waals surface area contributed by atoms with Crippen LogP contribution in [-0.2, 0) is 16.1 Å². The van der Waals surface area contributed by atoms with Crippen LogP contribution in [0.4, 0.5) is 0 Å². The number of hydrogen-bond acceptors (Lipinski definition) is 2. The fraction of sp³-hybridized carbons (Fsp3) is 0.455. The first-order valence-electron chi connectivity index (χ1n) is 4.64. The molecule has 0 saturated carbocycles. The standard InChI is InChI=1S/C11H13ClO2/c1-11(8-14-11)7-13-6-9-2-4-10(12)5-3-9/h2-5H,6-8H2,1H3. The summed E-state index contributed by atoms with van der Waals surface area (Å²) in [6.45, 7) is 4.15. The van der Waals surface area contributed by atoms with Gasteiger partial charge in [-0.05, 0) is 24.6 Å². The monoisotopic (exact) mass is 212 g/mol. The smallest absolute Gasteiger partial charge is 0.112 e. The molecule has 0 radical (unpaired) electrons. The van der Waals surface area contributed by atoms with Crippen molar-refractivity contribution in [1.29, 1.82) is 0 Å². The van der Waals surface area contributed by atoms with Crippen LogP contribution in [0.2, 0.25) is 5.02 Å². The molecule has 0 aromatic heterocycles. The van der Waals surface area contributed by atoms with E-state index in [2.05, 4.69) is 6.92 Å². The summed E-state index contributed by atoms with van der Waals surface area (Å²) in [7, 11) is 0. The average molecular weight is 213 g/mol. The second-order valence-electron chi connectivity index (χ2n) is 3.86. The van der Waals surface area contributed by atoms with Crippen LogP contribution >= 0.6 is 11.6 Å². The zero-order valence-electron chi connectivity index (χ0n) is 8.13. The summed E-state index contributed by atoms with van der Waals surface area (Å²) < 4.78 is 10.7. The molecule has 1 aromatic carbocycles. The van der Waals surface area contributed by atoms with Crippen molar-refractivity contribution in [2.45, 2.75) is 19.1 Å². The molecular formula is C11H13ClO2. The highest BCUT2D eigenvalue weighted by Gasteiger charge is 2.39. The Morgan fingerprint density at radius 3 is 2.64 bits per heavy atom. The van der Waals surface area contributed by atoms with Gasteiger partial charge in [-0.15, -0.1) is 0 Å². The SMILES string of the molecule is CC1(COCc2ccc(Cl)cc2)CO1. The summed E-state index contributed by atoms with van der Waals surface area (Å²) >= 11 is 5.77. The Balaban J connectivity index is 1.77. The molecule has 1 fully saturated rings. The molecule has 0 spiro atoms. The lowest BCUT2D eigenvalue weighted by molar-refractivity contribution is 0.0742. The van der Waals surface area contributed by atoms with E-state index < -0.39 is 0 Å². The minimum atomic E-state index is -0.0214. The highest BCUT2D eigenvalue weighted by atomic mass is 35.5. The van der Waals surface area contributed by atoms with Crippen molar-refractivity contribution in [1.82, 2.24) is 0 Å². The minimum Gasteiger partial charge on any atom is -0.374 e. The van der Waals surface area contributed by atoms with Gasteiger partial charge in [-0.2, -0.15) is 0 Å². The van der Waals surface area contributed by atoms with Crippen molar-refractivity contribution >= 4 is 11.6 Å². The molecule has 0 amide bonds. The van der Waals surface area contributed by atoms with E-state index in [1.807, 2.05) is 24.3 Å². The van der Waals surface area contributed by atoms with Crippen molar-refractivity contribution in [3.8, 4) is 0 Å². The summed E-state index contributed by atoms with van der Waals surface area (Å²) in [6.07, 6.45) is 0. The van der Waals surface area contributed by atoms with Gasteiger partial charge in [-0.1, -0.05) is 23.7 Å². The molecule has 14 heavy (non-hydrogen) atoms. The van der Waals surface area contributed by atoms with Gasteiger partial charge in [-0.3, -0.25) is 0 Å². The fourth-order valence-electron chi connectivity index (χ4n) is 1.17. The second kappa shape index (κ2) is 3.89. The molecular weight excluding hydrogens is 200 g/mol. The largest absolute Gasteiger partial charge is 0.374 e. The number of ether oxygens (including phenoxy) is 2. The molecule has 1 aromatic rings. The summed E-state index contributed by atoms with van der Waals surface area (Å²) in [4.78, 5) is 0. The summed E-state index contributed by atoms with van der Waals surface area (Å²) in [6, 6.07) is 7.68. The lowest BCUT2D eigenvalue weighted by Gasteiger charge is -2.06. The van der Waals surface area contributed by atoms with E-state index in [0.29, 0.717) is 13.2 Å². The van der Waals surface area contributed by atoms with Gasteiger partial charge in [0.1, 0.15) is 5.60 Å². The van der Waals surface area contributed by atoms with Crippen LogP contribution in [0.1, 0.15) is 12.5 Å². The molecule has 1 aliphatic heterocycles. The van der Waals surface area contributed by atoms with Gasteiger partial charge < -0.3 is 9.47 Å². The van der Waals surface area contributed by atoms with Gasteiger partial charge in [0.15, 0.2) is 0 Å². The van der Waals surface area contributed by atoms with Crippen LogP contribution in [0.5, 0.6) is 0 Å². The summed E-state index contributed by atoms with van der Waals surface area (Å²) in [5.74, 6) is 0. The predicted molar refractivity (Wildman–Crippen MR) is 55.5 cm³/mol. The minimum absolute atomic E-state index is 0.0214. The highest BCUT2D eigenvalue weighted by Crippen LogP contribution is 2.26. The maximum absolute atomic E-state index is 5.77. The molecule has 1 unspecified atom stereocenters. The molecule has 76 valence electrons. The third kappa shape index (κ3) is 2.71. The number of rotatable bonds is 4. The first-order valence-corrected chi connectivity index (χ1v) is 5.02. The molecule has 0 bridgehead atoms. The fourth-order valence-corrected chi connectivity index (χ4v) is 1.30. The van der Waals surface area contributed by atoms with Gasteiger partial charge in [0, 0.05) is 5.02 Å². The Hall–Kier alpha value is -0.570. The van der Waals surface area contributed by atoms with Crippen LogP contribution in [0, 0.1) is 0 Å². The molecule has 2 rings (SSSR count). The first-order chi connectivity index (χ1) is 6.68. The summed E-state index contributed by atoms with van der Waals surface area (Å²) in [5.41, 5.74) is 1.12. The summed E-state index contributed by atoms with van der Waals surface area (Å²) in [5, 5.41) is 0.756. The van der Waals surface area contributed by atoms with Crippen molar-refractivity contribution in [3.63, 3.8) is 0 Å². The maximum Gasteiger partial charge on any atom is 0.112 e. The van der Waals surface area contributed by atoms with E-state index >= 15 is 0 Å². The third-order valence-corrected chi connectivity index (χ3v) is 2.48. The van der Waals surface area contributed by atoms with E-state index in [1.54, 1.807) is 0 Å². The van der Waals surface area contributed by atoms with Gasteiger partial charge in [0.05, 0.1) is 19.8 Å². The van der Waals surface area contributed by atoms with Crippen molar-refractivity contribution in [2.75, 3.05) is 13.2 Å². The van der Waals surface area contributed by atoms with Crippen molar-refractivity contribution in [2.24, 2.45) is 0 Å². The Kier molecular flexibility index (Phi) is 2.77. The normalized spacial score (nSPS) is 25.0. The van der Waals surface area contributed by atoms with Gasteiger partial charge in [-0.25, -0.2) is 0 Å². The molecule has 3 heteroatoms. The number of halogens is 1. The van der Waals surface area contributed by atoms with E-state index in [0.717, 1.165) is 17.2 Å². The topological polar surface area (TPSA) is 21.8 Å². The number of hydrogen-bond donors (Lipinski definition) is 0. The van der Waals surface area contributed by atoms with Crippen LogP contribution in [0.15, 0.2) is 24.3 Å². The van der Waals surface area contributed by atoms with Gasteiger partial charge in [0.25, 0.3) is 0 Å². The molecule has 1 atom stereocenters. The Morgan fingerprint density at radius 2 is 2.07 bits per heavy atom. The number of epoxide rings is 1. The molecule has 1 aliphatic rings. The molecule has 0 aliphatic carbocycles. The van der Waals surface area contributed by atoms with Crippen LogP contribution < -0.4 is 0 Å². The van der Waals surface area contributed by atoms with Gasteiger partial charge >= 0.3 is 0 Å². The lowest BCUT2D eigenvalue weighted by Crippen LogP contribution is -2.14. The highest BCUT2D eigenvalue weighted by molar-refractivity contribution is 6.30. The number of benzene rings is 1. The van der Waals surface area contributed by atoms with Crippen molar-refractivity contribution in [3.05, 3.63) is 34.9 Å². The second-order valence-corrected chi connectivity index (χ2v) is 4.29. The first kappa shape index (κ1) is 9.97. The van der Waals surface area contributed by atoms with Crippen LogP contribution in [0.25, 0.3) is 0 Å². The third-order valence-electron chi connectivity index (χ3n) is 2.23. The zero-order valence-corrected chi connectivity index (χ0v) is 8.88. The molecule has 2 nitrogen and oxygen atoms in total. The van der Waals surface area contributed by atoms with E-state index in [1.165, 1.54) is 0 Å².